The Kier molecular flexibility index (Phi) is 39.5. The van der Waals surface area contributed by atoms with Crippen molar-refractivity contribution in [1.82, 2.24) is 0 Å². The van der Waals surface area contributed by atoms with Crippen molar-refractivity contribution in [3.8, 4) is 0 Å². The normalized spacial score (nSPS) is 12.3. The molecule has 0 bridgehead atoms. The smallest absolute Gasteiger partial charge is 0.309 e. The first-order chi connectivity index (χ1) is 23.1. The highest BCUT2D eigenvalue weighted by Gasteiger charge is 2.20. The first-order valence-electron chi connectivity index (χ1n) is 22.3. The minimum Gasteiger partial charge on any atom is -0.463 e. The molecule has 0 amide bonds. The van der Waals surface area contributed by atoms with E-state index >= 15 is 0 Å². The van der Waals surface area contributed by atoms with Gasteiger partial charge in [0.15, 0.2) is 0 Å². The second-order valence-electron chi connectivity index (χ2n) is 15.8. The highest BCUT2D eigenvalue weighted by molar-refractivity contribution is 5.72. The van der Waals surface area contributed by atoms with Crippen molar-refractivity contribution in [3.63, 3.8) is 0 Å². The number of rotatable bonds is 40. The molecule has 282 valence electrons. The van der Waals surface area contributed by atoms with Gasteiger partial charge in [0, 0.05) is 0 Å². The van der Waals surface area contributed by atoms with Gasteiger partial charge in [-0.15, -0.1) is 0 Å². The van der Waals surface area contributed by atoms with E-state index < -0.39 is 0 Å². The van der Waals surface area contributed by atoms with Gasteiger partial charge in [-0.2, -0.15) is 0 Å². The van der Waals surface area contributed by atoms with Crippen LogP contribution in [0.4, 0.5) is 0 Å². The molecule has 0 saturated heterocycles. The minimum absolute atomic E-state index is 0.00573. The van der Waals surface area contributed by atoms with Crippen LogP contribution in [-0.4, -0.2) is 12.1 Å². The van der Waals surface area contributed by atoms with E-state index in [1.54, 1.807) is 0 Å². The summed E-state index contributed by atoms with van der Waals surface area (Å²) in [5.41, 5.74) is 0. The number of hydrogen-bond donors (Lipinski definition) is 0. The quantitative estimate of drug-likeness (QED) is 0.0482. The average Bonchev–Trinajstić information content (AvgIpc) is 3.05. The second-order valence-corrected chi connectivity index (χ2v) is 15.8. The van der Waals surface area contributed by atoms with Crippen LogP contribution in [0.5, 0.6) is 0 Å². The summed E-state index contributed by atoms with van der Waals surface area (Å²) in [6.07, 6.45) is 52.7. The van der Waals surface area contributed by atoms with Gasteiger partial charge in [0.2, 0.25) is 0 Å². The Morgan fingerprint density at radius 3 is 0.723 bits per heavy atom. The highest BCUT2D eigenvalue weighted by atomic mass is 16.5. The molecule has 0 aromatic rings. The van der Waals surface area contributed by atoms with Crippen molar-refractivity contribution >= 4 is 5.97 Å². The monoisotopic (exact) mass is 663 g/mol. The summed E-state index contributed by atoms with van der Waals surface area (Å²) >= 11 is 0. The van der Waals surface area contributed by atoms with Crippen LogP contribution in [0.25, 0.3) is 0 Å². The SMILES string of the molecule is CCCCCCCCCCCCCCCCCCCCCCCCCCC(CCCCCCCCCCCCCC)C(=O)OC(C)C. The number of hydrogen-bond acceptors (Lipinski definition) is 2. The van der Waals surface area contributed by atoms with Gasteiger partial charge in [0.25, 0.3) is 0 Å². The van der Waals surface area contributed by atoms with Crippen molar-refractivity contribution in [2.75, 3.05) is 0 Å². The third-order valence-corrected chi connectivity index (χ3v) is 10.5. The molecule has 0 aromatic carbocycles. The molecule has 1 unspecified atom stereocenters. The average molecular weight is 663 g/mol. The predicted molar refractivity (Wildman–Crippen MR) is 212 cm³/mol. The summed E-state index contributed by atoms with van der Waals surface area (Å²) in [4.78, 5) is 12.7. The van der Waals surface area contributed by atoms with E-state index in [9.17, 15) is 4.79 Å². The number of carbonyl (C=O) groups is 1. The van der Waals surface area contributed by atoms with Gasteiger partial charge in [-0.3, -0.25) is 4.79 Å². The van der Waals surface area contributed by atoms with Gasteiger partial charge in [0.05, 0.1) is 12.0 Å². The summed E-state index contributed by atoms with van der Waals surface area (Å²) in [7, 11) is 0. The minimum atomic E-state index is 0.00573. The van der Waals surface area contributed by atoms with E-state index in [-0.39, 0.29) is 18.0 Å². The van der Waals surface area contributed by atoms with Gasteiger partial charge >= 0.3 is 5.97 Å². The van der Waals surface area contributed by atoms with E-state index in [0.29, 0.717) is 0 Å². The zero-order chi connectivity index (χ0) is 34.3. The van der Waals surface area contributed by atoms with E-state index in [2.05, 4.69) is 13.8 Å². The van der Waals surface area contributed by atoms with Gasteiger partial charge in [-0.25, -0.2) is 0 Å². The van der Waals surface area contributed by atoms with E-state index in [0.717, 1.165) is 12.8 Å². The van der Waals surface area contributed by atoms with E-state index in [1.165, 1.54) is 231 Å². The first kappa shape index (κ1) is 46.5. The molecule has 2 heteroatoms. The maximum atomic E-state index is 12.7. The molecule has 0 aliphatic rings. The Labute approximate surface area is 298 Å². The van der Waals surface area contributed by atoms with Crippen LogP contribution < -0.4 is 0 Å². The maximum absolute atomic E-state index is 12.7. The third kappa shape index (κ3) is 38.1. The molecule has 47 heavy (non-hydrogen) atoms. The Hall–Kier alpha value is -0.530. The Balaban J connectivity index is 3.56. The number of ether oxygens (including phenoxy) is 1. The Morgan fingerprint density at radius 2 is 0.532 bits per heavy atom. The van der Waals surface area contributed by atoms with Crippen LogP contribution in [-0.2, 0) is 9.53 Å². The van der Waals surface area contributed by atoms with Crippen LogP contribution in [0.2, 0.25) is 0 Å². The summed E-state index contributed by atoms with van der Waals surface area (Å²) in [5, 5.41) is 0. The van der Waals surface area contributed by atoms with Gasteiger partial charge in [-0.05, 0) is 26.7 Å². The standard InChI is InChI=1S/C45H90O2/c1-5-7-9-11-13-15-17-19-20-21-22-23-24-25-26-27-28-29-30-32-34-36-38-40-42-44(45(46)47-43(3)4)41-39-37-35-33-31-18-16-14-12-10-8-6-2/h43-44H,5-42H2,1-4H3. The van der Waals surface area contributed by atoms with Gasteiger partial charge < -0.3 is 4.74 Å². The topological polar surface area (TPSA) is 26.3 Å². The fourth-order valence-electron chi connectivity index (χ4n) is 7.29. The Morgan fingerprint density at radius 1 is 0.340 bits per heavy atom. The van der Waals surface area contributed by atoms with Crippen LogP contribution in [0.1, 0.15) is 272 Å². The lowest BCUT2D eigenvalue weighted by atomic mass is 9.94. The van der Waals surface area contributed by atoms with Crippen molar-refractivity contribution in [2.45, 2.75) is 278 Å². The van der Waals surface area contributed by atoms with Gasteiger partial charge in [-0.1, -0.05) is 245 Å². The summed E-state index contributed by atoms with van der Waals surface area (Å²) in [6.45, 7) is 8.57. The lowest BCUT2D eigenvalue weighted by molar-refractivity contribution is -0.153. The lowest BCUT2D eigenvalue weighted by Crippen LogP contribution is -2.21. The van der Waals surface area contributed by atoms with Crippen LogP contribution >= 0.6 is 0 Å². The molecular weight excluding hydrogens is 572 g/mol. The van der Waals surface area contributed by atoms with Crippen molar-refractivity contribution in [2.24, 2.45) is 5.92 Å². The zero-order valence-electron chi connectivity index (χ0n) is 33.3. The molecule has 0 rings (SSSR count). The number of unbranched alkanes of at least 4 members (excludes halogenated alkanes) is 34. The molecule has 0 saturated carbocycles. The largest absolute Gasteiger partial charge is 0.463 e. The third-order valence-electron chi connectivity index (χ3n) is 10.5. The molecule has 1 atom stereocenters. The summed E-state index contributed by atoms with van der Waals surface area (Å²) in [5.74, 6) is 0.192. The van der Waals surface area contributed by atoms with Crippen LogP contribution in [0.15, 0.2) is 0 Å². The zero-order valence-corrected chi connectivity index (χ0v) is 33.3. The number of carbonyl (C=O) groups excluding carboxylic acids is 1. The Bertz CT molecular complexity index is 585. The molecule has 0 spiro atoms. The maximum Gasteiger partial charge on any atom is 0.309 e. The number of esters is 1. The summed E-state index contributed by atoms with van der Waals surface area (Å²) < 4.78 is 5.64. The molecule has 0 aromatic heterocycles. The molecule has 0 aliphatic heterocycles. The highest BCUT2D eigenvalue weighted by Crippen LogP contribution is 2.22. The van der Waals surface area contributed by atoms with E-state index in [1.807, 2.05) is 13.8 Å². The molecule has 2 nitrogen and oxygen atoms in total. The van der Waals surface area contributed by atoms with Crippen molar-refractivity contribution in [3.05, 3.63) is 0 Å². The fraction of sp³-hybridized carbons (Fsp3) is 0.978. The molecule has 0 fully saturated rings. The van der Waals surface area contributed by atoms with E-state index in [4.69, 9.17) is 4.74 Å². The molecule has 0 radical (unpaired) electrons. The van der Waals surface area contributed by atoms with Crippen molar-refractivity contribution < 1.29 is 9.53 Å². The molecule has 0 heterocycles. The fourth-order valence-corrected chi connectivity index (χ4v) is 7.29. The summed E-state index contributed by atoms with van der Waals surface area (Å²) in [6, 6.07) is 0. The van der Waals surface area contributed by atoms with Crippen molar-refractivity contribution in [1.29, 1.82) is 0 Å². The molecule has 0 aliphatic carbocycles. The molecular formula is C45H90O2. The van der Waals surface area contributed by atoms with Crippen LogP contribution in [0.3, 0.4) is 0 Å². The molecule has 0 N–H and O–H groups in total. The predicted octanol–water partition coefficient (Wildman–Crippen LogP) is 16.4. The van der Waals surface area contributed by atoms with Gasteiger partial charge in [0.1, 0.15) is 0 Å². The van der Waals surface area contributed by atoms with Crippen LogP contribution in [0, 0.1) is 5.92 Å². The second kappa shape index (κ2) is 39.9. The first-order valence-corrected chi connectivity index (χ1v) is 22.3. The lowest BCUT2D eigenvalue weighted by Gasteiger charge is -2.18.